The van der Waals surface area contributed by atoms with Crippen LogP contribution in [0.2, 0.25) is 0 Å². The highest BCUT2D eigenvalue weighted by Gasteiger charge is 2.21. The lowest BCUT2D eigenvalue weighted by molar-refractivity contribution is 1.09. The summed E-state index contributed by atoms with van der Waals surface area (Å²) in [7, 11) is 0. The van der Waals surface area contributed by atoms with Crippen LogP contribution in [0.15, 0.2) is 255 Å². The number of allylic oxidation sites excluding steroid dienone is 1. The lowest BCUT2D eigenvalue weighted by Crippen LogP contribution is -1.92. The molecule has 0 saturated heterocycles. The molecule has 10 aromatic rings. The summed E-state index contributed by atoms with van der Waals surface area (Å²) in [6.45, 7) is 26.8. The molecule has 380 valence electrons. The second-order valence-corrected chi connectivity index (χ2v) is 18.4. The molecule has 11 rings (SSSR count). The van der Waals surface area contributed by atoms with Crippen LogP contribution in [0.3, 0.4) is 0 Å². The zero-order valence-electron chi connectivity index (χ0n) is 46.8. The van der Waals surface area contributed by atoms with E-state index in [-0.39, 0.29) is 0 Å². The second-order valence-electron chi connectivity index (χ2n) is 18.4. The van der Waals surface area contributed by atoms with Crippen LogP contribution in [0.25, 0.3) is 72.3 Å². The van der Waals surface area contributed by atoms with E-state index in [2.05, 4.69) is 273 Å². The highest BCUT2D eigenvalue weighted by atomic mass is 14.3. The number of hydrogen-bond acceptors (Lipinski definition) is 0. The number of rotatable bonds is 6. The minimum Gasteiger partial charge on any atom is -0.0955 e. The first-order valence-electron chi connectivity index (χ1n) is 27.1. The Balaban J connectivity index is 0.000000187. The molecule has 0 fully saturated rings. The number of hydrogen-bond donors (Lipinski definition) is 0. The summed E-state index contributed by atoms with van der Waals surface area (Å²) in [6.07, 6.45) is 2.32. The van der Waals surface area contributed by atoms with E-state index in [0.717, 1.165) is 12.0 Å². The SMILES string of the molecule is C=C(C)c1ccccc1.CC.CC.CCC.Cc1cccc(-c2ccccc2)c1.Cc1cccc(-c2ccccc2-c2cccc(-c3ccccc3)c2)c1.Cc1ccccc1-c1ccc2c(c1C)Cc1ccccc1-2. The molecular formula is C75H80. The Morgan fingerprint density at radius 1 is 0.347 bits per heavy atom. The fourth-order valence-electron chi connectivity index (χ4n) is 9.01. The molecule has 0 N–H and O–H groups in total. The minimum absolute atomic E-state index is 1.07. The van der Waals surface area contributed by atoms with Crippen molar-refractivity contribution in [2.24, 2.45) is 0 Å². The van der Waals surface area contributed by atoms with Crippen LogP contribution in [-0.4, -0.2) is 0 Å². The van der Waals surface area contributed by atoms with Gasteiger partial charge in [0.2, 0.25) is 0 Å². The van der Waals surface area contributed by atoms with Gasteiger partial charge in [0.05, 0.1) is 0 Å². The molecule has 0 bridgehead atoms. The summed E-state index contributed by atoms with van der Waals surface area (Å²) in [5.41, 5.74) is 26.3. The molecule has 0 saturated carbocycles. The van der Waals surface area contributed by atoms with Crippen LogP contribution in [0.5, 0.6) is 0 Å². The molecule has 0 aliphatic heterocycles. The van der Waals surface area contributed by atoms with Crippen molar-refractivity contribution in [3.05, 3.63) is 294 Å². The first kappa shape index (κ1) is 57.8. The molecular weight excluding hydrogens is 901 g/mol. The predicted molar refractivity (Wildman–Crippen MR) is 334 cm³/mol. The second kappa shape index (κ2) is 30.9. The van der Waals surface area contributed by atoms with Crippen molar-refractivity contribution in [2.75, 3.05) is 0 Å². The Morgan fingerprint density at radius 3 is 1.21 bits per heavy atom. The molecule has 1 aliphatic rings. The Morgan fingerprint density at radius 2 is 0.720 bits per heavy atom. The van der Waals surface area contributed by atoms with Crippen molar-refractivity contribution in [1.82, 2.24) is 0 Å². The predicted octanol–water partition coefficient (Wildman–Crippen LogP) is 22.4. The Kier molecular flexibility index (Phi) is 23.8. The van der Waals surface area contributed by atoms with Crippen molar-refractivity contribution in [3.63, 3.8) is 0 Å². The standard InChI is InChI=1S/C25H20.C21H18.C13H12.C9H10.C3H8.2C2H6/c1-19-9-7-13-22(17-19)24-15-5-6-16-25(24)23-14-8-12-21(18-23)20-10-3-2-4-11-20;1-14-7-3-5-9-17(14)18-11-12-20-19-10-6-4-8-16(19)13-21(20)15(18)2;1-11-6-5-9-13(10-11)12-7-3-2-4-8-12;1-8(2)9-6-4-3-5-7-9;1-3-2;2*1-2/h2-18H,1H3;3-12H,13H2,1-2H3;2-10H,1H3;3-7H,1H2,2H3;3H2,1-2H3;2*1-2H3. The lowest BCUT2D eigenvalue weighted by Gasteiger charge is -2.13. The van der Waals surface area contributed by atoms with Gasteiger partial charge in [0.1, 0.15) is 0 Å². The highest BCUT2D eigenvalue weighted by Crippen LogP contribution is 2.42. The summed E-state index contributed by atoms with van der Waals surface area (Å²) in [6, 6.07) is 87.9. The maximum atomic E-state index is 3.83. The molecule has 0 radical (unpaired) electrons. The molecule has 0 amide bonds. The Hall–Kier alpha value is -8.06. The van der Waals surface area contributed by atoms with E-state index < -0.39 is 0 Å². The maximum Gasteiger partial charge on any atom is -0.00106 e. The minimum atomic E-state index is 1.07. The summed E-state index contributed by atoms with van der Waals surface area (Å²) >= 11 is 0. The average molecular weight is 981 g/mol. The normalized spacial score (nSPS) is 10.1. The van der Waals surface area contributed by atoms with Gasteiger partial charge in [-0.25, -0.2) is 0 Å². The van der Waals surface area contributed by atoms with Gasteiger partial charge in [-0.1, -0.05) is 314 Å². The van der Waals surface area contributed by atoms with Gasteiger partial charge >= 0.3 is 0 Å². The third-order valence-corrected chi connectivity index (χ3v) is 12.6. The van der Waals surface area contributed by atoms with E-state index >= 15 is 0 Å². The molecule has 0 spiro atoms. The summed E-state index contributed by atoms with van der Waals surface area (Å²) in [5, 5.41) is 0. The maximum absolute atomic E-state index is 3.83. The van der Waals surface area contributed by atoms with Crippen LogP contribution in [0.1, 0.15) is 93.8 Å². The zero-order chi connectivity index (χ0) is 54.0. The summed E-state index contributed by atoms with van der Waals surface area (Å²) in [5.74, 6) is 0. The molecule has 0 aromatic heterocycles. The van der Waals surface area contributed by atoms with E-state index in [9.17, 15) is 0 Å². The van der Waals surface area contributed by atoms with Gasteiger partial charge in [0, 0.05) is 0 Å². The third-order valence-electron chi connectivity index (χ3n) is 12.6. The molecule has 0 heteroatoms. The average Bonchev–Trinajstić information content (AvgIpc) is 3.86. The van der Waals surface area contributed by atoms with Crippen molar-refractivity contribution >= 4 is 5.57 Å². The number of aryl methyl sites for hydroxylation is 3. The van der Waals surface area contributed by atoms with Gasteiger partial charge < -0.3 is 0 Å². The molecule has 1 aliphatic carbocycles. The van der Waals surface area contributed by atoms with E-state index in [0.29, 0.717) is 0 Å². The first-order chi connectivity index (χ1) is 36.6. The summed E-state index contributed by atoms with van der Waals surface area (Å²) in [4.78, 5) is 0. The van der Waals surface area contributed by atoms with Crippen molar-refractivity contribution < 1.29 is 0 Å². The highest BCUT2D eigenvalue weighted by molar-refractivity contribution is 5.86. The molecule has 75 heavy (non-hydrogen) atoms. The Bertz CT molecular complexity index is 3260. The lowest BCUT2D eigenvalue weighted by atomic mass is 9.91. The molecule has 0 unspecified atom stereocenters. The molecule has 0 atom stereocenters. The van der Waals surface area contributed by atoms with Crippen LogP contribution in [0.4, 0.5) is 0 Å². The molecule has 0 nitrogen and oxygen atoms in total. The van der Waals surface area contributed by atoms with Gasteiger partial charge in [0.15, 0.2) is 0 Å². The third kappa shape index (κ3) is 16.5. The fraction of sp³-hybridized carbons (Fsp3) is 0.173. The monoisotopic (exact) mass is 981 g/mol. The van der Waals surface area contributed by atoms with E-state index in [1.54, 1.807) is 0 Å². The van der Waals surface area contributed by atoms with Crippen LogP contribution >= 0.6 is 0 Å². The topological polar surface area (TPSA) is 0 Å². The van der Waals surface area contributed by atoms with Crippen molar-refractivity contribution in [1.29, 1.82) is 0 Å². The fourth-order valence-corrected chi connectivity index (χ4v) is 9.01. The van der Waals surface area contributed by atoms with E-state index in [4.69, 9.17) is 0 Å². The van der Waals surface area contributed by atoms with Crippen molar-refractivity contribution in [2.45, 2.75) is 89.0 Å². The number of benzene rings is 10. The summed E-state index contributed by atoms with van der Waals surface area (Å²) < 4.78 is 0. The Labute approximate surface area is 453 Å². The van der Waals surface area contributed by atoms with Gasteiger partial charge in [-0.15, -0.1) is 0 Å². The quantitative estimate of drug-likeness (QED) is 0.156. The van der Waals surface area contributed by atoms with Crippen LogP contribution in [0, 0.1) is 27.7 Å². The van der Waals surface area contributed by atoms with E-state index in [1.807, 2.05) is 58.9 Å². The largest absolute Gasteiger partial charge is 0.0955 e. The van der Waals surface area contributed by atoms with Gasteiger partial charge in [-0.05, 0) is 142 Å². The van der Waals surface area contributed by atoms with Crippen molar-refractivity contribution in [3.8, 4) is 66.8 Å². The van der Waals surface area contributed by atoms with Gasteiger partial charge in [0.25, 0.3) is 0 Å². The molecule has 10 aromatic carbocycles. The van der Waals surface area contributed by atoms with E-state index in [1.165, 1.54) is 112 Å². The zero-order valence-corrected chi connectivity index (χ0v) is 46.8. The molecule has 0 heterocycles. The van der Waals surface area contributed by atoms with Crippen LogP contribution in [-0.2, 0) is 6.42 Å². The van der Waals surface area contributed by atoms with Gasteiger partial charge in [-0.3, -0.25) is 0 Å². The smallest absolute Gasteiger partial charge is 0.00106 e. The van der Waals surface area contributed by atoms with Gasteiger partial charge in [-0.2, -0.15) is 0 Å². The first-order valence-corrected chi connectivity index (χ1v) is 27.1. The number of fused-ring (bicyclic) bond motifs is 3. The van der Waals surface area contributed by atoms with Crippen LogP contribution < -0.4 is 0 Å².